The Hall–Kier alpha value is -4.01. The van der Waals surface area contributed by atoms with Gasteiger partial charge in [-0.15, -0.1) is 0 Å². The van der Waals surface area contributed by atoms with Gasteiger partial charge in [0.15, 0.2) is 0 Å². The van der Waals surface area contributed by atoms with Crippen LogP contribution in [0.5, 0.6) is 11.5 Å². The first-order chi connectivity index (χ1) is 16.8. The minimum Gasteiger partial charge on any atom is -0.492 e. The average Bonchev–Trinajstić information content (AvgIpc) is 3.09. The summed E-state index contributed by atoms with van der Waals surface area (Å²) < 4.78 is 37.4. The third-order valence-electron chi connectivity index (χ3n) is 5.87. The summed E-state index contributed by atoms with van der Waals surface area (Å²) >= 11 is 0. The molecule has 4 rings (SSSR count). The molecule has 3 aromatic rings. The van der Waals surface area contributed by atoms with Crippen molar-refractivity contribution < 1.29 is 37.7 Å². The van der Waals surface area contributed by atoms with Gasteiger partial charge in [0.1, 0.15) is 11.5 Å². The molecule has 9 heteroatoms. The highest BCUT2D eigenvalue weighted by molar-refractivity contribution is 6.38. The smallest absolute Gasteiger partial charge is 0.387 e. The number of alkyl halides is 2. The number of carbonyl (C=O) groups excluding carboxylic acids is 2. The number of fused-ring (bicyclic) bond motifs is 2. The fourth-order valence-corrected chi connectivity index (χ4v) is 4.31. The molecule has 0 aromatic heterocycles. The van der Waals surface area contributed by atoms with Crippen LogP contribution in [-0.4, -0.2) is 36.1 Å². The van der Waals surface area contributed by atoms with Gasteiger partial charge in [-0.3, -0.25) is 14.4 Å². The molecule has 35 heavy (non-hydrogen) atoms. The van der Waals surface area contributed by atoms with Crippen LogP contribution in [0.25, 0.3) is 10.8 Å². The highest BCUT2D eigenvalue weighted by atomic mass is 19.3. The van der Waals surface area contributed by atoms with Gasteiger partial charge in [-0.25, -0.2) is 4.90 Å². The molecule has 0 saturated heterocycles. The number of halogens is 2. The standard InChI is InChI=1S/C26H23F2NO6/c1-3-13-34-21-17-7-5-6-8-18(17)22(35-26(27)28)20-19(21)23(30)29(24(20)31)15-11-9-14(10-12-15)16(4-2)25(32)33/h5-12,16,26H,3-4,13H2,1-2H3,(H,32,33). The van der Waals surface area contributed by atoms with Crippen LogP contribution in [0.3, 0.4) is 0 Å². The zero-order chi connectivity index (χ0) is 25.3. The van der Waals surface area contributed by atoms with E-state index >= 15 is 0 Å². The average molecular weight is 483 g/mol. The van der Waals surface area contributed by atoms with Crippen molar-refractivity contribution in [2.24, 2.45) is 0 Å². The lowest BCUT2D eigenvalue weighted by Crippen LogP contribution is -2.29. The molecule has 7 nitrogen and oxygen atoms in total. The minimum atomic E-state index is -3.22. The molecule has 1 unspecified atom stereocenters. The first-order valence-electron chi connectivity index (χ1n) is 11.2. The number of imide groups is 1. The number of carboxylic acid groups (broad SMARTS) is 1. The van der Waals surface area contributed by atoms with Crippen molar-refractivity contribution in [1.29, 1.82) is 0 Å². The molecule has 1 N–H and O–H groups in total. The number of amides is 2. The highest BCUT2D eigenvalue weighted by Gasteiger charge is 2.44. The van der Waals surface area contributed by atoms with Crippen LogP contribution >= 0.6 is 0 Å². The molecule has 0 aliphatic carbocycles. The number of aliphatic carboxylic acids is 1. The van der Waals surface area contributed by atoms with E-state index in [2.05, 4.69) is 0 Å². The molecule has 0 spiro atoms. The first kappa shape index (κ1) is 24.1. The lowest BCUT2D eigenvalue weighted by Gasteiger charge is -2.16. The quantitative estimate of drug-likeness (QED) is 0.398. The summed E-state index contributed by atoms with van der Waals surface area (Å²) in [5.41, 5.74) is 0.258. The number of carboxylic acids is 1. The molecule has 0 bridgehead atoms. The molecule has 3 aromatic carbocycles. The van der Waals surface area contributed by atoms with E-state index in [-0.39, 0.29) is 40.3 Å². The van der Waals surface area contributed by atoms with E-state index in [0.29, 0.717) is 23.8 Å². The number of anilines is 1. The van der Waals surface area contributed by atoms with Crippen LogP contribution in [0.15, 0.2) is 48.5 Å². The number of nitrogens with zero attached hydrogens (tertiary/aromatic N) is 1. The van der Waals surface area contributed by atoms with Gasteiger partial charge >= 0.3 is 12.6 Å². The monoisotopic (exact) mass is 483 g/mol. The van der Waals surface area contributed by atoms with Crippen molar-refractivity contribution in [2.45, 2.75) is 39.2 Å². The summed E-state index contributed by atoms with van der Waals surface area (Å²) in [5, 5.41) is 10.0. The zero-order valence-electron chi connectivity index (χ0n) is 19.1. The number of carbonyl (C=O) groups is 3. The van der Waals surface area contributed by atoms with Crippen molar-refractivity contribution in [3.05, 3.63) is 65.2 Å². The van der Waals surface area contributed by atoms with Crippen molar-refractivity contribution in [3.8, 4) is 11.5 Å². The van der Waals surface area contributed by atoms with E-state index in [9.17, 15) is 28.3 Å². The summed E-state index contributed by atoms with van der Waals surface area (Å²) in [7, 11) is 0. The van der Waals surface area contributed by atoms with Gasteiger partial charge in [0.05, 0.1) is 29.3 Å². The van der Waals surface area contributed by atoms with E-state index in [0.717, 1.165) is 4.90 Å². The van der Waals surface area contributed by atoms with Gasteiger partial charge in [0, 0.05) is 10.8 Å². The number of benzene rings is 3. The SMILES string of the molecule is CCCOc1c2c(c(OC(F)F)c3ccccc13)C(=O)N(c1ccc(C(CC)C(=O)O)cc1)C2=O. The van der Waals surface area contributed by atoms with E-state index in [1.165, 1.54) is 30.3 Å². The van der Waals surface area contributed by atoms with Crippen molar-refractivity contribution in [3.63, 3.8) is 0 Å². The summed E-state index contributed by atoms with van der Waals surface area (Å²) in [4.78, 5) is 39.4. The first-order valence-corrected chi connectivity index (χ1v) is 11.2. The molecule has 2 amide bonds. The van der Waals surface area contributed by atoms with Crippen LogP contribution < -0.4 is 14.4 Å². The predicted molar refractivity (Wildman–Crippen MR) is 125 cm³/mol. The Kier molecular flexibility index (Phi) is 6.68. The molecule has 1 aliphatic heterocycles. The Labute approximate surface area is 199 Å². The Morgan fingerprint density at radius 3 is 2.03 bits per heavy atom. The number of hydrogen-bond acceptors (Lipinski definition) is 5. The normalized spacial score (nSPS) is 13.9. The van der Waals surface area contributed by atoms with Gasteiger partial charge in [-0.2, -0.15) is 8.78 Å². The van der Waals surface area contributed by atoms with Crippen molar-refractivity contribution in [1.82, 2.24) is 0 Å². The fraction of sp³-hybridized carbons (Fsp3) is 0.269. The Balaban J connectivity index is 1.89. The van der Waals surface area contributed by atoms with Crippen molar-refractivity contribution >= 4 is 34.2 Å². The van der Waals surface area contributed by atoms with E-state index in [1.54, 1.807) is 25.1 Å². The second-order valence-electron chi connectivity index (χ2n) is 8.02. The maximum absolute atomic E-state index is 13.5. The second kappa shape index (κ2) is 9.69. The van der Waals surface area contributed by atoms with Gasteiger partial charge in [-0.05, 0) is 30.5 Å². The van der Waals surface area contributed by atoms with Crippen LogP contribution in [0, 0.1) is 0 Å². The number of hydrogen-bond donors (Lipinski definition) is 1. The lowest BCUT2D eigenvalue weighted by atomic mass is 9.96. The Bertz CT molecular complexity index is 1310. The van der Waals surface area contributed by atoms with Crippen molar-refractivity contribution in [2.75, 3.05) is 11.5 Å². The lowest BCUT2D eigenvalue weighted by molar-refractivity contribution is -0.138. The number of rotatable bonds is 9. The molecule has 182 valence electrons. The molecule has 0 fully saturated rings. The number of ether oxygens (including phenoxy) is 2. The highest BCUT2D eigenvalue weighted by Crippen LogP contribution is 2.46. The third kappa shape index (κ3) is 4.18. The summed E-state index contributed by atoms with van der Waals surface area (Å²) in [6.07, 6.45) is 0.981. The Morgan fingerprint density at radius 2 is 1.51 bits per heavy atom. The Morgan fingerprint density at radius 1 is 0.943 bits per heavy atom. The van der Waals surface area contributed by atoms with Gasteiger partial charge < -0.3 is 14.6 Å². The van der Waals surface area contributed by atoms with Crippen LogP contribution in [0.2, 0.25) is 0 Å². The predicted octanol–water partition coefficient (Wildman–Crippen LogP) is 5.61. The van der Waals surface area contributed by atoms with Gasteiger partial charge in [0.25, 0.3) is 11.8 Å². The molecule has 0 radical (unpaired) electrons. The largest absolute Gasteiger partial charge is 0.492 e. The van der Waals surface area contributed by atoms with E-state index in [1.807, 2.05) is 6.92 Å². The summed E-state index contributed by atoms with van der Waals surface area (Å²) in [6.45, 7) is 0.639. The minimum absolute atomic E-state index is 0.133. The molecule has 1 aliphatic rings. The molecular formula is C26H23F2NO6. The van der Waals surface area contributed by atoms with Crippen LogP contribution in [0.4, 0.5) is 14.5 Å². The molecular weight excluding hydrogens is 460 g/mol. The van der Waals surface area contributed by atoms with E-state index < -0.39 is 30.3 Å². The summed E-state index contributed by atoms with van der Waals surface area (Å²) in [5.74, 6) is -3.54. The second-order valence-corrected chi connectivity index (χ2v) is 8.02. The zero-order valence-corrected chi connectivity index (χ0v) is 19.1. The molecule has 1 atom stereocenters. The summed E-state index contributed by atoms with van der Waals surface area (Å²) in [6, 6.07) is 12.4. The maximum atomic E-state index is 13.5. The molecule has 0 saturated carbocycles. The van der Waals surface area contributed by atoms with Crippen LogP contribution in [-0.2, 0) is 4.79 Å². The third-order valence-corrected chi connectivity index (χ3v) is 5.87. The van der Waals surface area contributed by atoms with Crippen LogP contribution in [0.1, 0.15) is 58.9 Å². The topological polar surface area (TPSA) is 93.1 Å². The van der Waals surface area contributed by atoms with Gasteiger partial charge in [0.2, 0.25) is 0 Å². The maximum Gasteiger partial charge on any atom is 0.387 e. The van der Waals surface area contributed by atoms with Gasteiger partial charge in [-0.1, -0.05) is 50.2 Å². The fourth-order valence-electron chi connectivity index (χ4n) is 4.31. The van der Waals surface area contributed by atoms with E-state index in [4.69, 9.17) is 9.47 Å². The molecule has 1 heterocycles.